The maximum absolute atomic E-state index is 13.4. The molecule has 1 aliphatic heterocycles. The normalized spacial score (nSPS) is 32.3. The van der Waals surface area contributed by atoms with Gasteiger partial charge in [-0.2, -0.15) is 0 Å². The number of hydrogen-bond donors (Lipinski definition) is 2. The summed E-state index contributed by atoms with van der Waals surface area (Å²) in [6.45, 7) is 4.15. The van der Waals surface area contributed by atoms with Crippen molar-refractivity contribution in [1.82, 2.24) is 5.32 Å². The summed E-state index contributed by atoms with van der Waals surface area (Å²) in [5.74, 6) is 3.32. The van der Waals surface area contributed by atoms with E-state index in [0.717, 1.165) is 19.3 Å². The highest BCUT2D eigenvalue weighted by molar-refractivity contribution is 5.98. The monoisotopic (exact) mass is 398 g/mol. The van der Waals surface area contributed by atoms with E-state index in [1.54, 1.807) is 18.2 Å². The molecule has 4 saturated carbocycles. The van der Waals surface area contributed by atoms with Crippen LogP contribution in [-0.4, -0.2) is 24.6 Å². The van der Waals surface area contributed by atoms with Gasteiger partial charge >= 0.3 is 0 Å². The van der Waals surface area contributed by atoms with Crippen molar-refractivity contribution in [2.75, 3.05) is 12.1 Å². The molecule has 0 spiro atoms. The van der Waals surface area contributed by atoms with E-state index in [4.69, 9.17) is 9.47 Å². The van der Waals surface area contributed by atoms with Gasteiger partial charge in [-0.05, 0) is 74.3 Å². The molecule has 1 atom stereocenters. The van der Waals surface area contributed by atoms with E-state index in [1.807, 2.05) is 13.8 Å². The predicted molar refractivity (Wildman–Crippen MR) is 109 cm³/mol. The third-order valence-electron chi connectivity index (χ3n) is 7.40. The lowest BCUT2D eigenvalue weighted by Gasteiger charge is -2.55. The van der Waals surface area contributed by atoms with E-state index in [1.165, 1.54) is 19.3 Å². The topological polar surface area (TPSA) is 76.7 Å². The Hall–Kier alpha value is -2.24. The van der Waals surface area contributed by atoms with Crippen molar-refractivity contribution >= 4 is 17.5 Å². The van der Waals surface area contributed by atoms with Gasteiger partial charge in [-0.15, -0.1) is 0 Å². The Morgan fingerprint density at radius 1 is 1.00 bits per heavy atom. The molecule has 0 saturated heterocycles. The van der Waals surface area contributed by atoms with Crippen molar-refractivity contribution in [3.8, 4) is 11.5 Å². The zero-order valence-corrected chi connectivity index (χ0v) is 17.2. The van der Waals surface area contributed by atoms with Crippen LogP contribution in [0.15, 0.2) is 18.2 Å². The first-order valence-corrected chi connectivity index (χ1v) is 10.9. The van der Waals surface area contributed by atoms with Crippen molar-refractivity contribution in [2.24, 2.45) is 29.1 Å². The van der Waals surface area contributed by atoms with Crippen LogP contribution in [0, 0.1) is 29.1 Å². The largest absolute Gasteiger partial charge is 0.454 e. The molecule has 4 bridgehead atoms. The molecule has 4 fully saturated rings. The van der Waals surface area contributed by atoms with Crippen molar-refractivity contribution < 1.29 is 19.1 Å². The molecule has 6 nitrogen and oxygen atoms in total. The van der Waals surface area contributed by atoms with Crippen LogP contribution in [0.4, 0.5) is 5.69 Å². The number of anilines is 1. The second-order valence-corrected chi connectivity index (χ2v) is 9.95. The average Bonchev–Trinajstić information content (AvgIpc) is 3.12. The third kappa shape index (κ3) is 3.36. The first-order chi connectivity index (χ1) is 13.9. The van der Waals surface area contributed by atoms with Gasteiger partial charge in [0, 0.05) is 17.2 Å². The highest BCUT2D eigenvalue weighted by atomic mass is 16.7. The van der Waals surface area contributed by atoms with E-state index in [9.17, 15) is 9.59 Å². The number of nitrogens with one attached hydrogen (secondary N) is 2. The van der Waals surface area contributed by atoms with E-state index in [0.29, 0.717) is 34.9 Å². The van der Waals surface area contributed by atoms with Crippen LogP contribution in [0.25, 0.3) is 0 Å². The summed E-state index contributed by atoms with van der Waals surface area (Å²) in [5.41, 5.74) is 0.398. The molecule has 1 aromatic rings. The fourth-order valence-corrected chi connectivity index (χ4v) is 6.41. The zero-order chi connectivity index (χ0) is 20.2. The number of fused-ring (bicyclic) bond motifs is 1. The van der Waals surface area contributed by atoms with Crippen LogP contribution in [0.2, 0.25) is 0 Å². The summed E-state index contributed by atoms with van der Waals surface area (Å²) in [6.07, 6.45) is 6.89. The molecule has 156 valence electrons. The van der Waals surface area contributed by atoms with Gasteiger partial charge in [-0.1, -0.05) is 13.8 Å². The SMILES string of the molecule is CC(C)[C@H](NC(=O)C12CC3CC(CC(C3)C1)C2)C(=O)Nc1ccc2c(c1)OCO2. The lowest BCUT2D eigenvalue weighted by atomic mass is 9.49. The quantitative estimate of drug-likeness (QED) is 0.793. The summed E-state index contributed by atoms with van der Waals surface area (Å²) >= 11 is 0. The number of carbonyl (C=O) groups is 2. The molecule has 4 aliphatic carbocycles. The maximum Gasteiger partial charge on any atom is 0.247 e. The fourth-order valence-electron chi connectivity index (χ4n) is 6.41. The first-order valence-electron chi connectivity index (χ1n) is 10.9. The van der Waals surface area contributed by atoms with Crippen LogP contribution >= 0.6 is 0 Å². The third-order valence-corrected chi connectivity index (χ3v) is 7.40. The Kier molecular flexibility index (Phi) is 4.48. The van der Waals surface area contributed by atoms with Gasteiger partial charge in [0.2, 0.25) is 18.6 Å². The standard InChI is InChI=1S/C23H30N2O4/c1-13(2)20(21(26)24-17-3-4-18-19(8-17)29-12-28-18)25-22(27)23-9-14-5-15(10-23)7-16(6-14)11-23/h3-4,8,13-16,20H,5-7,9-12H2,1-2H3,(H,24,26)(H,25,27)/t14?,15?,16?,20-,23?/m0/s1. The van der Waals surface area contributed by atoms with Gasteiger partial charge in [0.25, 0.3) is 0 Å². The summed E-state index contributed by atoms with van der Waals surface area (Å²) < 4.78 is 10.7. The molecule has 2 N–H and O–H groups in total. The van der Waals surface area contributed by atoms with E-state index >= 15 is 0 Å². The van der Waals surface area contributed by atoms with Crippen LogP contribution in [0.3, 0.4) is 0 Å². The van der Waals surface area contributed by atoms with Crippen molar-refractivity contribution in [2.45, 2.75) is 58.4 Å². The Morgan fingerprint density at radius 2 is 1.62 bits per heavy atom. The average molecular weight is 399 g/mol. The lowest BCUT2D eigenvalue weighted by molar-refractivity contribution is -0.148. The highest BCUT2D eigenvalue weighted by Gasteiger charge is 2.55. The maximum atomic E-state index is 13.4. The van der Waals surface area contributed by atoms with Crippen LogP contribution in [-0.2, 0) is 9.59 Å². The molecular formula is C23H30N2O4. The summed E-state index contributed by atoms with van der Waals surface area (Å²) in [7, 11) is 0. The number of hydrogen-bond acceptors (Lipinski definition) is 4. The lowest BCUT2D eigenvalue weighted by Crippen LogP contribution is -2.57. The van der Waals surface area contributed by atoms with Crippen molar-refractivity contribution in [3.05, 3.63) is 18.2 Å². The van der Waals surface area contributed by atoms with E-state index < -0.39 is 6.04 Å². The van der Waals surface area contributed by atoms with Crippen LogP contribution in [0.5, 0.6) is 11.5 Å². The van der Waals surface area contributed by atoms with Gasteiger partial charge in [0.15, 0.2) is 11.5 Å². The first kappa shape index (κ1) is 18.8. The molecule has 1 aromatic carbocycles. The second-order valence-electron chi connectivity index (χ2n) is 9.95. The molecule has 5 aliphatic rings. The highest BCUT2D eigenvalue weighted by Crippen LogP contribution is 2.60. The number of ether oxygens (including phenoxy) is 2. The fraction of sp³-hybridized carbons (Fsp3) is 0.652. The Bertz CT molecular complexity index is 799. The molecule has 0 unspecified atom stereocenters. The van der Waals surface area contributed by atoms with Crippen LogP contribution in [0.1, 0.15) is 52.4 Å². The van der Waals surface area contributed by atoms with Gasteiger partial charge < -0.3 is 20.1 Å². The number of amides is 2. The molecule has 0 aromatic heterocycles. The Morgan fingerprint density at radius 3 is 2.24 bits per heavy atom. The van der Waals surface area contributed by atoms with Crippen molar-refractivity contribution in [3.63, 3.8) is 0 Å². The second kappa shape index (κ2) is 6.92. The van der Waals surface area contributed by atoms with Crippen molar-refractivity contribution in [1.29, 1.82) is 0 Å². The van der Waals surface area contributed by atoms with Gasteiger partial charge in [-0.25, -0.2) is 0 Å². The van der Waals surface area contributed by atoms with Crippen LogP contribution < -0.4 is 20.1 Å². The molecule has 0 radical (unpaired) electrons. The van der Waals surface area contributed by atoms with Gasteiger partial charge in [0.05, 0.1) is 0 Å². The zero-order valence-electron chi connectivity index (χ0n) is 17.2. The Balaban J connectivity index is 1.29. The molecule has 6 heteroatoms. The summed E-state index contributed by atoms with van der Waals surface area (Å²) in [6, 6.07) is 4.79. The molecule has 2 amide bonds. The van der Waals surface area contributed by atoms with Gasteiger partial charge in [0.1, 0.15) is 6.04 Å². The predicted octanol–water partition coefficient (Wildman–Crippen LogP) is 3.71. The molecular weight excluding hydrogens is 368 g/mol. The number of carbonyl (C=O) groups excluding carboxylic acids is 2. The summed E-state index contributed by atoms with van der Waals surface area (Å²) in [5, 5.41) is 6.08. The molecule has 29 heavy (non-hydrogen) atoms. The number of benzene rings is 1. The minimum atomic E-state index is -0.555. The van der Waals surface area contributed by atoms with E-state index in [2.05, 4.69) is 10.6 Å². The molecule has 6 rings (SSSR count). The van der Waals surface area contributed by atoms with E-state index in [-0.39, 0.29) is 29.9 Å². The minimum absolute atomic E-state index is 0.00173. The molecule has 1 heterocycles. The smallest absolute Gasteiger partial charge is 0.247 e. The summed E-state index contributed by atoms with van der Waals surface area (Å²) in [4.78, 5) is 26.4. The number of rotatable bonds is 5. The minimum Gasteiger partial charge on any atom is -0.454 e. The Labute approximate surface area is 171 Å². The van der Waals surface area contributed by atoms with Gasteiger partial charge in [-0.3, -0.25) is 9.59 Å².